The van der Waals surface area contributed by atoms with Crippen LogP contribution in [0.4, 0.5) is 0 Å². The molecule has 0 heterocycles. The molecule has 2 atom stereocenters. The first-order valence-electron chi connectivity index (χ1n) is 10.3. The quantitative estimate of drug-likeness (QED) is 0.824. The van der Waals surface area contributed by atoms with E-state index in [0.717, 1.165) is 51.4 Å². The van der Waals surface area contributed by atoms with Crippen LogP contribution in [0, 0.1) is 11.8 Å². The van der Waals surface area contributed by atoms with Gasteiger partial charge >= 0.3 is 0 Å². The Morgan fingerprint density at radius 2 is 1.04 bits per heavy atom. The number of hydrogen-bond acceptors (Lipinski definition) is 2. The van der Waals surface area contributed by atoms with Gasteiger partial charge in [0.05, 0.1) is 0 Å². The molecule has 2 N–H and O–H groups in total. The molecule has 3 aliphatic rings. The highest BCUT2D eigenvalue weighted by atomic mass is 16.2. The SMILES string of the molecule is O=C(NC1CCCC(C(=O)NC2CCCCC2)C1)C1CCCCC1. The molecule has 0 saturated heterocycles. The number of carbonyl (C=O) groups is 2. The van der Waals surface area contributed by atoms with Gasteiger partial charge in [0.1, 0.15) is 0 Å². The van der Waals surface area contributed by atoms with Crippen LogP contribution >= 0.6 is 0 Å². The topological polar surface area (TPSA) is 58.2 Å². The smallest absolute Gasteiger partial charge is 0.223 e. The number of nitrogens with one attached hydrogen (secondary N) is 2. The van der Waals surface area contributed by atoms with Crippen molar-refractivity contribution in [1.82, 2.24) is 10.6 Å². The molecule has 0 aromatic heterocycles. The highest BCUT2D eigenvalue weighted by Gasteiger charge is 2.31. The van der Waals surface area contributed by atoms with E-state index in [0.29, 0.717) is 6.04 Å². The predicted molar refractivity (Wildman–Crippen MR) is 95.5 cm³/mol. The molecule has 4 heteroatoms. The van der Waals surface area contributed by atoms with Crippen LogP contribution in [0.2, 0.25) is 0 Å². The molecule has 3 rings (SSSR count). The van der Waals surface area contributed by atoms with Gasteiger partial charge in [-0.25, -0.2) is 0 Å². The van der Waals surface area contributed by atoms with Gasteiger partial charge in [-0.3, -0.25) is 9.59 Å². The van der Waals surface area contributed by atoms with Gasteiger partial charge in [0.15, 0.2) is 0 Å². The fourth-order valence-corrected chi connectivity index (χ4v) is 4.81. The summed E-state index contributed by atoms with van der Waals surface area (Å²) in [6.45, 7) is 0. The summed E-state index contributed by atoms with van der Waals surface area (Å²) in [5.41, 5.74) is 0. The molecule has 136 valence electrons. The van der Waals surface area contributed by atoms with Crippen molar-refractivity contribution < 1.29 is 9.59 Å². The molecular weight excluding hydrogens is 300 g/mol. The van der Waals surface area contributed by atoms with Crippen molar-refractivity contribution in [3.63, 3.8) is 0 Å². The van der Waals surface area contributed by atoms with Gasteiger partial charge in [0.25, 0.3) is 0 Å². The zero-order chi connectivity index (χ0) is 16.8. The van der Waals surface area contributed by atoms with Gasteiger partial charge in [-0.05, 0) is 44.9 Å². The first kappa shape index (κ1) is 17.8. The molecule has 0 radical (unpaired) electrons. The molecule has 2 amide bonds. The molecule has 0 aromatic carbocycles. The normalized spacial score (nSPS) is 29.8. The van der Waals surface area contributed by atoms with Gasteiger partial charge in [0.2, 0.25) is 11.8 Å². The Kier molecular flexibility index (Phi) is 6.56. The van der Waals surface area contributed by atoms with Crippen LogP contribution in [-0.2, 0) is 9.59 Å². The minimum Gasteiger partial charge on any atom is -0.353 e. The third-order valence-corrected chi connectivity index (χ3v) is 6.32. The van der Waals surface area contributed by atoms with E-state index in [2.05, 4.69) is 10.6 Å². The Balaban J connectivity index is 1.44. The van der Waals surface area contributed by atoms with Crippen molar-refractivity contribution in [3.05, 3.63) is 0 Å². The third kappa shape index (κ3) is 4.97. The summed E-state index contributed by atoms with van der Waals surface area (Å²) in [5.74, 6) is 0.791. The van der Waals surface area contributed by atoms with Crippen LogP contribution in [0.1, 0.15) is 89.9 Å². The molecule has 3 fully saturated rings. The second kappa shape index (κ2) is 8.87. The number of amides is 2. The minimum atomic E-state index is 0.0948. The lowest BCUT2D eigenvalue weighted by molar-refractivity contribution is -0.130. The maximum Gasteiger partial charge on any atom is 0.223 e. The van der Waals surface area contributed by atoms with E-state index in [4.69, 9.17) is 0 Å². The minimum absolute atomic E-state index is 0.0948. The molecule has 0 aromatic rings. The standard InChI is InChI=1S/C20H34N2O2/c23-19(15-8-3-1-4-9-15)22-18-13-7-10-16(14-18)20(24)21-17-11-5-2-6-12-17/h15-18H,1-14H2,(H,21,24)(H,22,23). The van der Waals surface area contributed by atoms with Crippen molar-refractivity contribution in [2.24, 2.45) is 11.8 Å². The first-order valence-corrected chi connectivity index (χ1v) is 10.3. The van der Waals surface area contributed by atoms with E-state index >= 15 is 0 Å². The Bertz CT molecular complexity index is 425. The van der Waals surface area contributed by atoms with E-state index in [1.807, 2.05) is 0 Å². The third-order valence-electron chi connectivity index (χ3n) is 6.32. The average Bonchev–Trinajstić information content (AvgIpc) is 2.63. The summed E-state index contributed by atoms with van der Waals surface area (Å²) in [6.07, 6.45) is 15.7. The van der Waals surface area contributed by atoms with Crippen molar-refractivity contribution in [2.45, 2.75) is 102 Å². The van der Waals surface area contributed by atoms with Crippen LogP contribution in [-0.4, -0.2) is 23.9 Å². The number of rotatable bonds is 4. The van der Waals surface area contributed by atoms with Gasteiger partial charge in [-0.15, -0.1) is 0 Å². The monoisotopic (exact) mass is 334 g/mol. The van der Waals surface area contributed by atoms with E-state index in [9.17, 15) is 9.59 Å². The Morgan fingerprint density at radius 3 is 1.75 bits per heavy atom. The van der Waals surface area contributed by atoms with Crippen LogP contribution in [0.3, 0.4) is 0 Å². The molecular formula is C20H34N2O2. The molecule has 3 aliphatic carbocycles. The summed E-state index contributed by atoms with van der Waals surface area (Å²) in [6, 6.07) is 0.596. The molecule has 2 unspecified atom stereocenters. The first-order chi connectivity index (χ1) is 11.7. The van der Waals surface area contributed by atoms with Crippen LogP contribution in [0.5, 0.6) is 0 Å². The Labute approximate surface area is 146 Å². The lowest BCUT2D eigenvalue weighted by Gasteiger charge is -2.32. The van der Waals surface area contributed by atoms with Crippen LogP contribution < -0.4 is 10.6 Å². The molecule has 4 nitrogen and oxygen atoms in total. The maximum atomic E-state index is 12.6. The highest BCUT2D eigenvalue weighted by Crippen LogP contribution is 2.28. The zero-order valence-corrected chi connectivity index (χ0v) is 15.0. The lowest BCUT2D eigenvalue weighted by atomic mass is 9.83. The van der Waals surface area contributed by atoms with Gasteiger partial charge in [-0.1, -0.05) is 44.9 Å². The van der Waals surface area contributed by atoms with Crippen molar-refractivity contribution in [1.29, 1.82) is 0 Å². The van der Waals surface area contributed by atoms with Gasteiger partial charge < -0.3 is 10.6 Å². The molecule has 0 bridgehead atoms. The molecule has 24 heavy (non-hydrogen) atoms. The van der Waals surface area contributed by atoms with Gasteiger partial charge in [-0.2, -0.15) is 0 Å². The van der Waals surface area contributed by atoms with Gasteiger partial charge in [0, 0.05) is 23.9 Å². The largest absolute Gasteiger partial charge is 0.353 e. The van der Waals surface area contributed by atoms with Crippen LogP contribution in [0.25, 0.3) is 0 Å². The van der Waals surface area contributed by atoms with E-state index in [-0.39, 0.29) is 29.7 Å². The summed E-state index contributed by atoms with van der Waals surface area (Å²) in [4.78, 5) is 25.0. The van der Waals surface area contributed by atoms with E-state index in [1.165, 1.54) is 38.5 Å². The Hall–Kier alpha value is -1.06. The second-order valence-corrected chi connectivity index (χ2v) is 8.25. The van der Waals surface area contributed by atoms with Crippen molar-refractivity contribution >= 4 is 11.8 Å². The predicted octanol–water partition coefficient (Wildman–Crippen LogP) is 3.69. The lowest BCUT2D eigenvalue weighted by Crippen LogP contribution is -2.46. The highest BCUT2D eigenvalue weighted by molar-refractivity contribution is 5.80. The van der Waals surface area contributed by atoms with E-state index in [1.54, 1.807) is 0 Å². The van der Waals surface area contributed by atoms with E-state index < -0.39 is 0 Å². The average molecular weight is 335 g/mol. The fraction of sp³-hybridized carbons (Fsp3) is 0.900. The molecule has 0 aliphatic heterocycles. The summed E-state index contributed by atoms with van der Waals surface area (Å²) in [5, 5.41) is 6.53. The number of carbonyl (C=O) groups excluding carboxylic acids is 2. The zero-order valence-electron chi connectivity index (χ0n) is 15.0. The van der Waals surface area contributed by atoms with Crippen molar-refractivity contribution in [3.8, 4) is 0 Å². The summed E-state index contributed by atoms with van der Waals surface area (Å²) in [7, 11) is 0. The molecule has 3 saturated carbocycles. The Morgan fingerprint density at radius 1 is 0.542 bits per heavy atom. The van der Waals surface area contributed by atoms with Crippen molar-refractivity contribution in [2.75, 3.05) is 0 Å². The molecule has 0 spiro atoms. The van der Waals surface area contributed by atoms with Crippen LogP contribution in [0.15, 0.2) is 0 Å². The summed E-state index contributed by atoms with van der Waals surface area (Å²) < 4.78 is 0. The second-order valence-electron chi connectivity index (χ2n) is 8.25. The summed E-state index contributed by atoms with van der Waals surface area (Å²) >= 11 is 0. The maximum absolute atomic E-state index is 12.6. The number of hydrogen-bond donors (Lipinski definition) is 2. The fourth-order valence-electron chi connectivity index (χ4n) is 4.81.